The lowest BCUT2D eigenvalue weighted by atomic mass is 10.2. The van der Waals surface area contributed by atoms with Gasteiger partial charge in [0.05, 0.1) is 17.1 Å². The minimum Gasteiger partial charge on any atom is -0.506 e. The number of hydrazine groups is 1. The normalized spacial score (nSPS) is 11.4. The highest BCUT2D eigenvalue weighted by Gasteiger charge is 2.18. The monoisotopic (exact) mass is 554 g/mol. The highest BCUT2D eigenvalue weighted by atomic mass is 16.6. The first-order chi connectivity index (χ1) is 19.9. The summed E-state index contributed by atoms with van der Waals surface area (Å²) in [5.41, 5.74) is 8.35. The van der Waals surface area contributed by atoms with Crippen molar-refractivity contribution >= 4 is 28.7 Å². The Labute approximate surface area is 237 Å². The fourth-order valence-corrected chi connectivity index (χ4v) is 3.40. The van der Waals surface area contributed by atoms with Gasteiger partial charge in [0.15, 0.2) is 6.10 Å². The molecular weight excluding hydrogens is 524 g/mol. The summed E-state index contributed by atoms with van der Waals surface area (Å²) in [5, 5.41) is 28.9. The van der Waals surface area contributed by atoms with Gasteiger partial charge in [-0.1, -0.05) is 43.0 Å². The van der Waals surface area contributed by atoms with E-state index in [-0.39, 0.29) is 36.0 Å². The van der Waals surface area contributed by atoms with Gasteiger partial charge in [0, 0.05) is 17.7 Å². The molecule has 4 rings (SSSR count). The Morgan fingerprint density at radius 1 is 0.805 bits per heavy atom. The molecule has 0 saturated carbocycles. The van der Waals surface area contributed by atoms with Crippen molar-refractivity contribution < 1.29 is 29.2 Å². The van der Waals surface area contributed by atoms with E-state index < -0.39 is 12.1 Å². The number of hydrogen-bond acceptors (Lipinski definition) is 10. The van der Waals surface area contributed by atoms with Crippen molar-refractivity contribution in [1.82, 2.24) is 0 Å². The van der Waals surface area contributed by atoms with E-state index >= 15 is 0 Å². The molecule has 0 aromatic heterocycles. The summed E-state index contributed by atoms with van der Waals surface area (Å²) in [5.74, 6) is -0.0833. The van der Waals surface area contributed by atoms with Crippen molar-refractivity contribution in [2.24, 2.45) is 10.2 Å². The first-order valence-electron chi connectivity index (χ1n) is 12.7. The number of phenolic OH excluding ortho intramolecular Hbond substituents is 2. The topological polar surface area (TPSA) is 134 Å². The number of phenols is 2. The van der Waals surface area contributed by atoms with Gasteiger partial charge in [-0.05, 0) is 55.5 Å². The molecule has 0 amide bonds. The van der Waals surface area contributed by atoms with E-state index in [4.69, 9.17) is 14.2 Å². The number of rotatable bonds is 13. The zero-order chi connectivity index (χ0) is 29.0. The van der Waals surface area contributed by atoms with Gasteiger partial charge in [0.2, 0.25) is 0 Å². The van der Waals surface area contributed by atoms with Crippen molar-refractivity contribution in [3.8, 4) is 23.0 Å². The summed E-state index contributed by atoms with van der Waals surface area (Å²) < 4.78 is 17.0. The molecule has 4 N–H and O–H groups in total. The predicted molar refractivity (Wildman–Crippen MR) is 156 cm³/mol. The van der Waals surface area contributed by atoms with E-state index in [9.17, 15) is 15.0 Å². The number of azo groups is 1. The molecule has 0 aliphatic carbocycles. The number of hydrogen-bond donors (Lipinski definition) is 4. The third kappa shape index (κ3) is 8.75. The number of esters is 1. The maximum Gasteiger partial charge on any atom is 0.333 e. The third-order valence-corrected chi connectivity index (χ3v) is 5.55. The van der Waals surface area contributed by atoms with E-state index in [0.29, 0.717) is 22.9 Å². The Hall–Kier alpha value is -5.51. The molecule has 4 aromatic carbocycles. The number of para-hydroxylation sites is 1. The van der Waals surface area contributed by atoms with E-state index in [1.165, 1.54) is 19.1 Å². The predicted octanol–water partition coefficient (Wildman–Crippen LogP) is 6.90. The Morgan fingerprint density at radius 2 is 1.41 bits per heavy atom. The summed E-state index contributed by atoms with van der Waals surface area (Å²) >= 11 is 0. The average Bonchev–Trinajstić information content (AvgIpc) is 2.98. The van der Waals surface area contributed by atoms with Gasteiger partial charge in [-0.3, -0.25) is 5.43 Å². The van der Waals surface area contributed by atoms with Crippen LogP contribution < -0.4 is 20.3 Å². The Balaban J connectivity index is 1.35. The molecule has 4 aromatic rings. The molecule has 0 bridgehead atoms. The molecule has 0 spiro atoms. The number of carbonyl (C=O) groups is 1. The number of ether oxygens (including phenoxy) is 3. The second-order valence-electron chi connectivity index (χ2n) is 8.91. The van der Waals surface area contributed by atoms with E-state index in [1.807, 2.05) is 48.5 Å². The average molecular weight is 555 g/mol. The lowest BCUT2D eigenvalue weighted by Crippen LogP contribution is -2.31. The van der Waals surface area contributed by atoms with Crippen LogP contribution in [0.25, 0.3) is 0 Å². The van der Waals surface area contributed by atoms with Gasteiger partial charge in [-0.15, -0.1) is 5.11 Å². The molecule has 0 radical (unpaired) electrons. The van der Waals surface area contributed by atoms with Gasteiger partial charge >= 0.3 is 5.97 Å². The van der Waals surface area contributed by atoms with Crippen molar-refractivity contribution in [2.45, 2.75) is 13.0 Å². The van der Waals surface area contributed by atoms with Gasteiger partial charge in [0.1, 0.15) is 41.9 Å². The van der Waals surface area contributed by atoms with Crippen LogP contribution in [0, 0.1) is 0 Å². The van der Waals surface area contributed by atoms with Crippen molar-refractivity contribution in [2.75, 3.05) is 24.1 Å². The SMILES string of the molecule is C=C(C)C(=O)OC(COc1ccc(N=Nc2ccccc2)c(O)c1)COc1ccc(NNc2ccccc2)c(O)c1. The Kier molecular flexibility index (Phi) is 9.76. The minimum atomic E-state index is -0.821. The lowest BCUT2D eigenvalue weighted by Gasteiger charge is -2.20. The fourth-order valence-electron chi connectivity index (χ4n) is 3.40. The maximum absolute atomic E-state index is 12.2. The zero-order valence-corrected chi connectivity index (χ0v) is 22.4. The molecule has 210 valence electrons. The second kappa shape index (κ2) is 14.0. The van der Waals surface area contributed by atoms with Gasteiger partial charge in [-0.25, -0.2) is 4.79 Å². The van der Waals surface area contributed by atoms with Crippen LogP contribution >= 0.6 is 0 Å². The zero-order valence-electron chi connectivity index (χ0n) is 22.4. The Morgan fingerprint density at radius 3 is 2.02 bits per heavy atom. The smallest absolute Gasteiger partial charge is 0.333 e. The molecule has 1 unspecified atom stereocenters. The number of benzene rings is 4. The molecule has 0 aliphatic rings. The van der Waals surface area contributed by atoms with Gasteiger partial charge in [-0.2, -0.15) is 5.11 Å². The number of aromatic hydroxyl groups is 2. The molecular formula is C31H30N4O6. The van der Waals surface area contributed by atoms with Crippen molar-refractivity contribution in [1.29, 1.82) is 0 Å². The third-order valence-electron chi connectivity index (χ3n) is 5.55. The highest BCUT2D eigenvalue weighted by Crippen LogP contribution is 2.32. The summed E-state index contributed by atoms with van der Waals surface area (Å²) in [4.78, 5) is 12.2. The largest absolute Gasteiger partial charge is 0.506 e. The van der Waals surface area contributed by atoms with Crippen LogP contribution in [-0.2, 0) is 9.53 Å². The molecule has 0 heterocycles. The lowest BCUT2D eigenvalue weighted by molar-refractivity contribution is -0.147. The van der Waals surface area contributed by atoms with Crippen LogP contribution in [0.15, 0.2) is 119 Å². The molecule has 10 heteroatoms. The summed E-state index contributed by atoms with van der Waals surface area (Å²) in [7, 11) is 0. The summed E-state index contributed by atoms with van der Waals surface area (Å²) in [6, 6.07) is 27.9. The quantitative estimate of drug-likeness (QED) is 0.0461. The van der Waals surface area contributed by atoms with Crippen LogP contribution in [0.4, 0.5) is 22.7 Å². The van der Waals surface area contributed by atoms with Crippen LogP contribution in [0.2, 0.25) is 0 Å². The van der Waals surface area contributed by atoms with Crippen LogP contribution in [0.3, 0.4) is 0 Å². The fraction of sp³-hybridized carbons (Fsp3) is 0.129. The summed E-state index contributed by atoms with van der Waals surface area (Å²) in [6.07, 6.45) is -0.821. The molecule has 0 aliphatic heterocycles. The standard InChI is InChI=1S/C31H30N4O6/c1-21(2)31(38)41-26(19-39-24-13-15-27(29(36)17-24)34-32-22-9-5-3-6-10-22)20-40-25-14-16-28(30(37)18-25)35-33-23-11-7-4-8-12-23/h3-18,26,32,34,36-37H,1,19-20H2,2H3. The molecule has 0 fully saturated rings. The second-order valence-corrected chi connectivity index (χ2v) is 8.91. The van der Waals surface area contributed by atoms with Crippen LogP contribution in [0.5, 0.6) is 23.0 Å². The van der Waals surface area contributed by atoms with E-state index in [2.05, 4.69) is 27.7 Å². The first kappa shape index (κ1) is 28.5. The minimum absolute atomic E-state index is 0.0439. The van der Waals surface area contributed by atoms with Crippen molar-refractivity contribution in [3.05, 3.63) is 109 Å². The van der Waals surface area contributed by atoms with E-state index in [0.717, 1.165) is 5.69 Å². The number of anilines is 2. The molecule has 41 heavy (non-hydrogen) atoms. The molecule has 1 atom stereocenters. The maximum atomic E-state index is 12.2. The van der Waals surface area contributed by atoms with Crippen LogP contribution in [-0.4, -0.2) is 35.5 Å². The van der Waals surface area contributed by atoms with E-state index in [1.54, 1.807) is 36.4 Å². The number of carbonyl (C=O) groups excluding carboxylic acids is 1. The Bertz CT molecular complexity index is 1500. The van der Waals surface area contributed by atoms with Gasteiger partial charge < -0.3 is 29.8 Å². The van der Waals surface area contributed by atoms with Crippen LogP contribution in [0.1, 0.15) is 6.92 Å². The number of nitrogens with one attached hydrogen (secondary N) is 2. The first-order valence-corrected chi connectivity index (χ1v) is 12.7. The molecule has 10 nitrogen and oxygen atoms in total. The summed E-state index contributed by atoms with van der Waals surface area (Å²) in [6.45, 7) is 5.01. The number of nitrogens with zero attached hydrogens (tertiary/aromatic N) is 2. The van der Waals surface area contributed by atoms with Gasteiger partial charge in [0.25, 0.3) is 0 Å². The highest BCUT2D eigenvalue weighted by molar-refractivity contribution is 5.87. The molecule has 0 saturated heterocycles. The van der Waals surface area contributed by atoms with Crippen molar-refractivity contribution in [3.63, 3.8) is 0 Å².